The summed E-state index contributed by atoms with van der Waals surface area (Å²) in [6.45, 7) is 0. The summed E-state index contributed by atoms with van der Waals surface area (Å²) < 4.78 is 28.3. The maximum atomic E-state index is 14.1. The van der Waals surface area contributed by atoms with E-state index >= 15 is 0 Å². The molecule has 0 aliphatic carbocycles. The molecule has 1 aromatic rings. The molecule has 1 aromatic carbocycles. The van der Waals surface area contributed by atoms with Crippen molar-refractivity contribution in [3.63, 3.8) is 0 Å². The Labute approximate surface area is 108 Å². The van der Waals surface area contributed by atoms with Gasteiger partial charge in [-0.15, -0.1) is 0 Å². The van der Waals surface area contributed by atoms with E-state index in [1.807, 2.05) is 0 Å². The molecule has 1 amide bonds. The topological polar surface area (TPSA) is 40.5 Å². The Morgan fingerprint density at radius 3 is 2.50 bits per heavy atom. The second-order valence-corrected chi connectivity index (χ2v) is 5.39. The third-order valence-electron chi connectivity index (χ3n) is 3.07. The van der Waals surface area contributed by atoms with Gasteiger partial charge in [-0.25, -0.2) is 0 Å². The zero-order chi connectivity index (χ0) is 13.4. The van der Waals surface area contributed by atoms with Crippen LogP contribution in [0, 0.1) is 0 Å². The SMILES string of the molecule is CN1C(=O)CCC1(O)C(F)(F)Sc1ccccc1. The summed E-state index contributed by atoms with van der Waals surface area (Å²) in [6, 6.07) is 8.09. The number of alkyl halides is 2. The van der Waals surface area contributed by atoms with E-state index in [2.05, 4.69) is 0 Å². The monoisotopic (exact) mass is 273 g/mol. The Morgan fingerprint density at radius 1 is 1.39 bits per heavy atom. The molecule has 3 nitrogen and oxygen atoms in total. The van der Waals surface area contributed by atoms with E-state index in [0.717, 1.165) is 4.90 Å². The van der Waals surface area contributed by atoms with Crippen molar-refractivity contribution >= 4 is 17.7 Å². The van der Waals surface area contributed by atoms with Crippen LogP contribution in [0.5, 0.6) is 0 Å². The maximum absolute atomic E-state index is 14.1. The normalized spacial score (nSPS) is 24.7. The van der Waals surface area contributed by atoms with Gasteiger partial charge in [-0.2, -0.15) is 8.78 Å². The summed E-state index contributed by atoms with van der Waals surface area (Å²) in [6.07, 6.45) is -0.312. The molecule has 1 unspecified atom stereocenters. The smallest absolute Gasteiger partial charge is 0.344 e. The predicted octanol–water partition coefficient (Wildman–Crippen LogP) is 2.31. The van der Waals surface area contributed by atoms with Gasteiger partial charge in [-0.1, -0.05) is 18.2 Å². The molecule has 1 atom stereocenters. The molecule has 6 heteroatoms. The molecule has 0 spiro atoms. The molecular formula is C12H13F2NO2S. The summed E-state index contributed by atoms with van der Waals surface area (Å²) in [4.78, 5) is 12.4. The Morgan fingerprint density at radius 2 is 2.00 bits per heavy atom. The number of rotatable bonds is 3. The molecule has 0 radical (unpaired) electrons. The maximum Gasteiger partial charge on any atom is 0.344 e. The van der Waals surface area contributed by atoms with E-state index in [4.69, 9.17) is 0 Å². The Kier molecular flexibility index (Phi) is 3.33. The minimum absolute atomic E-state index is 0.0576. The van der Waals surface area contributed by atoms with Crippen LogP contribution in [-0.4, -0.2) is 33.9 Å². The van der Waals surface area contributed by atoms with Gasteiger partial charge >= 0.3 is 5.25 Å². The molecule has 1 saturated heterocycles. The highest BCUT2D eigenvalue weighted by molar-refractivity contribution is 8.00. The van der Waals surface area contributed by atoms with Crippen LogP contribution in [0.1, 0.15) is 12.8 Å². The zero-order valence-corrected chi connectivity index (χ0v) is 10.6. The molecule has 2 rings (SSSR count). The van der Waals surface area contributed by atoms with Gasteiger partial charge in [0.15, 0.2) is 0 Å². The highest BCUT2D eigenvalue weighted by atomic mass is 32.2. The first-order chi connectivity index (χ1) is 8.37. The van der Waals surface area contributed by atoms with E-state index in [1.165, 1.54) is 7.05 Å². The fourth-order valence-corrected chi connectivity index (χ4v) is 2.87. The lowest BCUT2D eigenvalue weighted by Crippen LogP contribution is -2.55. The average molecular weight is 273 g/mol. The summed E-state index contributed by atoms with van der Waals surface area (Å²) in [5, 5.41) is 6.60. The highest BCUT2D eigenvalue weighted by Gasteiger charge is 2.60. The molecule has 1 fully saturated rings. The second kappa shape index (κ2) is 4.51. The number of amides is 1. The summed E-state index contributed by atoms with van der Waals surface area (Å²) in [7, 11) is 1.20. The number of carbonyl (C=O) groups is 1. The molecule has 1 N–H and O–H groups in total. The summed E-state index contributed by atoms with van der Waals surface area (Å²) >= 11 is 0.271. The van der Waals surface area contributed by atoms with Gasteiger partial charge in [0.1, 0.15) is 0 Å². The number of halogens is 2. The molecule has 1 heterocycles. The zero-order valence-electron chi connectivity index (χ0n) is 9.77. The molecule has 0 bridgehead atoms. The van der Waals surface area contributed by atoms with Crippen LogP contribution in [0.3, 0.4) is 0 Å². The third-order valence-corrected chi connectivity index (χ3v) is 4.16. The van der Waals surface area contributed by atoms with E-state index in [9.17, 15) is 18.7 Å². The number of nitrogens with zero attached hydrogens (tertiary/aromatic N) is 1. The van der Waals surface area contributed by atoms with Gasteiger partial charge in [0.05, 0.1) is 0 Å². The number of likely N-dealkylation sites (tertiary alicyclic amines) is 1. The van der Waals surface area contributed by atoms with Gasteiger partial charge in [0.25, 0.3) is 0 Å². The van der Waals surface area contributed by atoms with E-state index < -0.39 is 16.9 Å². The second-order valence-electron chi connectivity index (χ2n) is 4.20. The van der Waals surface area contributed by atoms with Crippen LogP contribution in [0.4, 0.5) is 8.78 Å². The van der Waals surface area contributed by atoms with Crippen molar-refractivity contribution in [3.8, 4) is 0 Å². The lowest BCUT2D eigenvalue weighted by molar-refractivity contribution is -0.191. The largest absolute Gasteiger partial charge is 0.365 e. The van der Waals surface area contributed by atoms with Crippen LogP contribution >= 0.6 is 11.8 Å². The standard InChI is InChI=1S/C12H13F2NO2S/c1-15-10(16)7-8-11(15,17)12(13,14)18-9-5-3-2-4-6-9/h2-6,17H,7-8H2,1H3. The van der Waals surface area contributed by atoms with E-state index in [1.54, 1.807) is 30.3 Å². The number of thioether (sulfide) groups is 1. The van der Waals surface area contributed by atoms with Gasteiger partial charge in [0, 0.05) is 24.8 Å². The van der Waals surface area contributed by atoms with Crippen molar-refractivity contribution in [2.45, 2.75) is 28.7 Å². The molecular weight excluding hydrogens is 260 g/mol. The number of benzene rings is 1. The minimum atomic E-state index is -3.45. The highest BCUT2D eigenvalue weighted by Crippen LogP contribution is 2.49. The molecule has 1 aliphatic heterocycles. The Hall–Kier alpha value is -1.14. The minimum Gasteiger partial charge on any atom is -0.365 e. The lowest BCUT2D eigenvalue weighted by atomic mass is 10.1. The number of aliphatic hydroxyl groups is 1. The van der Waals surface area contributed by atoms with Crippen molar-refractivity contribution in [1.82, 2.24) is 4.90 Å². The summed E-state index contributed by atoms with van der Waals surface area (Å²) in [5.74, 6) is -0.467. The van der Waals surface area contributed by atoms with Crippen molar-refractivity contribution in [2.24, 2.45) is 0 Å². The first-order valence-corrected chi connectivity index (χ1v) is 6.29. The predicted molar refractivity (Wildman–Crippen MR) is 64.2 cm³/mol. The summed E-state index contributed by atoms with van der Waals surface area (Å²) in [5.41, 5.74) is -2.41. The number of hydrogen-bond donors (Lipinski definition) is 1. The molecule has 0 aromatic heterocycles. The Bertz CT molecular complexity index is 455. The van der Waals surface area contributed by atoms with Crippen LogP contribution in [0.25, 0.3) is 0 Å². The van der Waals surface area contributed by atoms with Gasteiger partial charge in [-0.3, -0.25) is 4.79 Å². The van der Waals surface area contributed by atoms with Crippen molar-refractivity contribution in [3.05, 3.63) is 30.3 Å². The number of carbonyl (C=O) groups excluding carboxylic acids is 1. The molecule has 1 aliphatic rings. The quantitative estimate of drug-likeness (QED) is 0.859. The molecule has 18 heavy (non-hydrogen) atoms. The van der Waals surface area contributed by atoms with Crippen LogP contribution < -0.4 is 0 Å². The fraction of sp³-hybridized carbons (Fsp3) is 0.417. The van der Waals surface area contributed by atoms with Crippen LogP contribution in [0.2, 0.25) is 0 Å². The van der Waals surface area contributed by atoms with Crippen molar-refractivity contribution in [2.75, 3.05) is 7.05 Å². The first-order valence-electron chi connectivity index (χ1n) is 5.48. The van der Waals surface area contributed by atoms with Gasteiger partial charge < -0.3 is 10.0 Å². The average Bonchev–Trinajstić information content (AvgIpc) is 2.59. The van der Waals surface area contributed by atoms with Crippen LogP contribution in [-0.2, 0) is 4.79 Å². The van der Waals surface area contributed by atoms with Gasteiger partial charge in [0.2, 0.25) is 11.6 Å². The van der Waals surface area contributed by atoms with E-state index in [-0.39, 0.29) is 24.6 Å². The van der Waals surface area contributed by atoms with Gasteiger partial charge in [-0.05, 0) is 23.9 Å². The first kappa shape index (κ1) is 13.3. The third kappa shape index (κ3) is 2.10. The van der Waals surface area contributed by atoms with Crippen LogP contribution in [0.15, 0.2) is 35.2 Å². The molecule has 98 valence electrons. The fourth-order valence-electron chi connectivity index (χ4n) is 1.88. The number of hydrogen-bond acceptors (Lipinski definition) is 3. The van der Waals surface area contributed by atoms with Crippen molar-refractivity contribution < 1.29 is 18.7 Å². The molecule has 0 saturated carbocycles. The Balaban J connectivity index is 2.23. The lowest BCUT2D eigenvalue weighted by Gasteiger charge is -2.36. The van der Waals surface area contributed by atoms with Crippen molar-refractivity contribution in [1.29, 1.82) is 0 Å². The van der Waals surface area contributed by atoms with E-state index in [0.29, 0.717) is 4.90 Å².